The molecular formula is C50H43ClF2N12O2. The number of pyridine rings is 6. The fourth-order valence-electron chi connectivity index (χ4n) is 7.62. The minimum Gasteiger partial charge on any atom is -0.396 e. The zero-order valence-electron chi connectivity index (χ0n) is 36.5. The second kappa shape index (κ2) is 21.0. The lowest BCUT2D eigenvalue weighted by atomic mass is 10.0. The highest BCUT2D eigenvalue weighted by Crippen LogP contribution is 2.37. The Balaban J connectivity index is 0.000000151. The summed E-state index contributed by atoms with van der Waals surface area (Å²) in [5.74, 6) is -0.697. The number of ether oxygens (including phenoxy) is 2. The number of halogens is 3. The van der Waals surface area contributed by atoms with Crippen LogP contribution in [-0.2, 0) is 9.47 Å². The average molecular weight is 917 g/mol. The van der Waals surface area contributed by atoms with Crippen molar-refractivity contribution in [2.75, 3.05) is 73.5 Å². The van der Waals surface area contributed by atoms with Crippen molar-refractivity contribution in [2.24, 2.45) is 0 Å². The van der Waals surface area contributed by atoms with E-state index < -0.39 is 0 Å². The fraction of sp³-hybridized carbons (Fsp3) is 0.200. The first-order valence-electron chi connectivity index (χ1n) is 21.3. The molecule has 8 heterocycles. The molecule has 3 N–H and O–H groups in total. The molecule has 0 spiro atoms. The van der Waals surface area contributed by atoms with Gasteiger partial charge in [-0.25, -0.2) is 28.7 Å². The number of hydrogen-bond donors (Lipinski definition) is 2. The summed E-state index contributed by atoms with van der Waals surface area (Å²) in [7, 11) is 0. The third-order valence-corrected chi connectivity index (χ3v) is 11.6. The van der Waals surface area contributed by atoms with Gasteiger partial charge in [0.25, 0.3) is 0 Å². The van der Waals surface area contributed by atoms with E-state index in [2.05, 4.69) is 46.1 Å². The predicted molar refractivity (Wildman–Crippen MR) is 256 cm³/mol. The smallest absolute Gasteiger partial charge is 0.164 e. The maximum absolute atomic E-state index is 14.1. The molecule has 10 rings (SSSR count). The van der Waals surface area contributed by atoms with E-state index in [1.807, 2.05) is 62.4 Å². The molecule has 0 bridgehead atoms. The SMILES string of the molecule is Cc1c(-c2ccccn2)nc2cc(F)ccc2c1Cl.Cc1c(-c2ccccn2)nc2cc(F)ccc2c1Nc1cc(N2CCOCC2)cnc1C#N.N#Cc1ncc(N2CCOCC2)cc1N. The number of nitrogens with one attached hydrogen (secondary N) is 1. The second-order valence-electron chi connectivity index (χ2n) is 15.4. The number of nitrogen functional groups attached to an aromatic ring is 1. The first-order valence-corrected chi connectivity index (χ1v) is 21.7. The van der Waals surface area contributed by atoms with Crippen LogP contribution in [0.3, 0.4) is 0 Å². The summed E-state index contributed by atoms with van der Waals surface area (Å²) in [6.45, 7) is 9.77. The normalized spacial score (nSPS) is 13.4. The van der Waals surface area contributed by atoms with E-state index in [1.54, 1.807) is 43.0 Å². The van der Waals surface area contributed by atoms with Crippen molar-refractivity contribution in [1.82, 2.24) is 29.9 Å². The van der Waals surface area contributed by atoms with Crippen LogP contribution in [0, 0.1) is 48.1 Å². The van der Waals surface area contributed by atoms with Crippen molar-refractivity contribution in [2.45, 2.75) is 13.8 Å². The van der Waals surface area contributed by atoms with E-state index in [0.29, 0.717) is 57.7 Å². The Hall–Kier alpha value is -7.89. The first kappa shape index (κ1) is 45.7. The molecule has 336 valence electrons. The van der Waals surface area contributed by atoms with Gasteiger partial charge in [-0.3, -0.25) is 9.97 Å². The Morgan fingerprint density at radius 3 is 1.67 bits per heavy atom. The summed E-state index contributed by atoms with van der Waals surface area (Å²) in [5.41, 5.74) is 15.3. The highest BCUT2D eigenvalue weighted by atomic mass is 35.5. The quantitative estimate of drug-likeness (QED) is 0.161. The van der Waals surface area contributed by atoms with Crippen LogP contribution in [-0.4, -0.2) is 82.5 Å². The maximum atomic E-state index is 14.1. The van der Waals surface area contributed by atoms with Gasteiger partial charge >= 0.3 is 0 Å². The molecule has 2 saturated heterocycles. The second-order valence-corrected chi connectivity index (χ2v) is 15.8. The molecule has 67 heavy (non-hydrogen) atoms. The largest absolute Gasteiger partial charge is 0.396 e. The highest BCUT2D eigenvalue weighted by Gasteiger charge is 2.20. The molecular weight excluding hydrogens is 874 g/mol. The average Bonchev–Trinajstić information content (AvgIpc) is 3.37. The van der Waals surface area contributed by atoms with Crippen LogP contribution in [0.2, 0.25) is 5.02 Å². The molecule has 0 amide bonds. The van der Waals surface area contributed by atoms with E-state index in [0.717, 1.165) is 84.0 Å². The lowest BCUT2D eigenvalue weighted by Crippen LogP contribution is -2.36. The lowest BCUT2D eigenvalue weighted by molar-refractivity contribution is 0.122. The topological polar surface area (TPSA) is 188 Å². The first-order chi connectivity index (χ1) is 32.6. The zero-order chi connectivity index (χ0) is 46.9. The zero-order valence-corrected chi connectivity index (χ0v) is 37.3. The van der Waals surface area contributed by atoms with E-state index in [-0.39, 0.29) is 23.0 Å². The van der Waals surface area contributed by atoms with E-state index in [4.69, 9.17) is 37.1 Å². The summed E-state index contributed by atoms with van der Waals surface area (Å²) in [6, 6.07) is 27.9. The van der Waals surface area contributed by atoms with Gasteiger partial charge in [-0.2, -0.15) is 10.5 Å². The standard InChI is InChI=1S/C25H21FN6O.C15H10ClFN2.C10H12N4O/c1-16-24(31-22-13-18(15-29-23(22)14-27)32-8-10-33-11-9-32)19-6-5-17(26)12-21(19)30-25(16)20-4-2-3-7-28-20;1-9-14(16)11-6-5-10(17)8-13(11)19-15(9)12-4-2-3-7-18-12;11-6-10-9(12)5-8(7-13-10)14-1-3-15-4-2-14/h2-7,12-13,15H,8-11H2,1H3,(H,30,31);2-8H,1H3;5,7H,1-4,12H2. The number of nitrogens with zero attached hydrogens (tertiary/aromatic N) is 10. The Morgan fingerprint density at radius 1 is 0.642 bits per heavy atom. The van der Waals surface area contributed by atoms with Crippen LogP contribution in [0.1, 0.15) is 22.5 Å². The van der Waals surface area contributed by atoms with Crippen molar-refractivity contribution in [3.8, 4) is 34.9 Å². The van der Waals surface area contributed by atoms with Gasteiger partial charge in [-0.1, -0.05) is 23.7 Å². The molecule has 0 atom stereocenters. The Kier molecular flexibility index (Phi) is 14.3. The third kappa shape index (κ3) is 10.5. The van der Waals surface area contributed by atoms with Crippen LogP contribution >= 0.6 is 11.6 Å². The van der Waals surface area contributed by atoms with Crippen LogP contribution in [0.25, 0.3) is 44.6 Å². The van der Waals surface area contributed by atoms with Gasteiger partial charge in [0, 0.05) is 67.0 Å². The van der Waals surface area contributed by atoms with Crippen LogP contribution in [0.15, 0.2) is 110 Å². The molecule has 2 aromatic carbocycles. The third-order valence-electron chi connectivity index (χ3n) is 11.1. The molecule has 2 fully saturated rings. The number of nitrogens with two attached hydrogens (primary N) is 1. The number of benzene rings is 2. The van der Waals surface area contributed by atoms with Crippen LogP contribution < -0.4 is 20.9 Å². The lowest BCUT2D eigenvalue weighted by Gasteiger charge is -2.29. The molecule has 17 heteroatoms. The predicted octanol–water partition coefficient (Wildman–Crippen LogP) is 9.36. The van der Waals surface area contributed by atoms with E-state index >= 15 is 0 Å². The molecule has 0 unspecified atom stereocenters. The van der Waals surface area contributed by atoms with Crippen molar-refractivity contribution < 1.29 is 18.3 Å². The number of aromatic nitrogens is 6. The molecule has 2 aliphatic heterocycles. The van der Waals surface area contributed by atoms with Crippen molar-refractivity contribution in [3.05, 3.63) is 149 Å². The number of hydrogen-bond acceptors (Lipinski definition) is 14. The molecule has 0 saturated carbocycles. The summed E-state index contributed by atoms with van der Waals surface area (Å²) >= 11 is 6.34. The minimum absolute atomic E-state index is 0.276. The van der Waals surface area contributed by atoms with Gasteiger partial charge in [-0.05, 0) is 80.1 Å². The Labute approximate surface area is 390 Å². The van der Waals surface area contributed by atoms with Gasteiger partial charge in [-0.15, -0.1) is 0 Å². The van der Waals surface area contributed by atoms with Gasteiger partial charge < -0.3 is 30.3 Å². The minimum atomic E-state index is -0.370. The highest BCUT2D eigenvalue weighted by molar-refractivity contribution is 6.36. The van der Waals surface area contributed by atoms with Gasteiger partial charge in [0.2, 0.25) is 0 Å². The molecule has 0 radical (unpaired) electrons. The Bertz CT molecular complexity index is 3140. The molecule has 14 nitrogen and oxygen atoms in total. The van der Waals surface area contributed by atoms with Gasteiger partial charge in [0.15, 0.2) is 11.4 Å². The summed E-state index contributed by atoms with van der Waals surface area (Å²) < 4.78 is 38.1. The van der Waals surface area contributed by atoms with Crippen molar-refractivity contribution >= 4 is 61.8 Å². The number of fused-ring (bicyclic) bond motifs is 2. The van der Waals surface area contributed by atoms with E-state index in [9.17, 15) is 14.0 Å². The molecule has 2 aliphatic rings. The van der Waals surface area contributed by atoms with Gasteiger partial charge in [0.1, 0.15) is 23.8 Å². The molecule has 8 aromatic rings. The van der Waals surface area contributed by atoms with Crippen LogP contribution in [0.4, 0.5) is 37.2 Å². The van der Waals surface area contributed by atoms with Crippen molar-refractivity contribution in [1.29, 1.82) is 10.5 Å². The fourth-order valence-corrected chi connectivity index (χ4v) is 7.87. The van der Waals surface area contributed by atoms with E-state index in [1.165, 1.54) is 24.3 Å². The van der Waals surface area contributed by atoms with Crippen molar-refractivity contribution in [3.63, 3.8) is 0 Å². The number of anilines is 5. The summed E-state index contributed by atoms with van der Waals surface area (Å²) in [5, 5.41) is 23.9. The monoisotopic (exact) mass is 916 g/mol. The number of nitriles is 2. The maximum Gasteiger partial charge on any atom is 0.164 e. The number of rotatable bonds is 6. The van der Waals surface area contributed by atoms with Gasteiger partial charge in [0.05, 0.1) is 106 Å². The summed E-state index contributed by atoms with van der Waals surface area (Å²) in [6.07, 6.45) is 6.78. The Morgan fingerprint density at radius 2 is 1.15 bits per heavy atom. The molecule has 0 aliphatic carbocycles. The molecule has 6 aromatic heterocycles. The van der Waals surface area contributed by atoms with Crippen LogP contribution in [0.5, 0.6) is 0 Å². The summed E-state index contributed by atoms with van der Waals surface area (Å²) in [4.78, 5) is 30.6. The number of morpholine rings is 2.